The standard InChI is InChI=1S/C14H14.3BF4.K.H/c1-11-6-5-8-13(10-11)14-9-4-3-7-12(14)2;3*2-1(3,4)5;;/h3-10H,1-2H3;;;;;/q;3*-1;;. The minimum atomic E-state index is -6.00. The molecule has 0 bridgehead atoms. The Balaban J connectivity index is -0.000000383. The Hall–Kier alpha value is -0.569. The average Bonchev–Trinajstić information content (AvgIpc) is 2.42. The molecule has 0 fully saturated rings. The molecule has 0 atom stereocenters. The van der Waals surface area contributed by atoms with Crippen LogP contribution < -0.4 is 0 Å². The van der Waals surface area contributed by atoms with Gasteiger partial charge in [-0.15, -0.1) is 0 Å². The molecule has 0 radical (unpaired) electrons. The van der Waals surface area contributed by atoms with E-state index in [1.165, 1.54) is 22.3 Å². The van der Waals surface area contributed by atoms with E-state index in [-0.39, 0.29) is 51.4 Å². The summed E-state index contributed by atoms with van der Waals surface area (Å²) in [5.41, 5.74) is 5.28. The number of hydrogen-bond acceptors (Lipinski definition) is 0. The summed E-state index contributed by atoms with van der Waals surface area (Å²) in [6, 6.07) is 17.1. The van der Waals surface area contributed by atoms with Crippen molar-refractivity contribution < 1.29 is 51.8 Å². The summed E-state index contributed by atoms with van der Waals surface area (Å²) in [6.45, 7) is 4.28. The van der Waals surface area contributed by atoms with Crippen LogP contribution in [-0.4, -0.2) is 73.1 Å². The number of aryl methyl sites for hydroxylation is 2. The zero-order chi connectivity index (χ0) is 23.5. The summed E-state index contributed by atoms with van der Waals surface area (Å²) in [5, 5.41) is 0. The molecule has 0 spiro atoms. The fraction of sp³-hybridized carbons (Fsp3) is 0.143. The number of halogens is 12. The molecule has 2 rings (SSSR count). The van der Waals surface area contributed by atoms with Gasteiger partial charge in [-0.25, -0.2) is 0 Å². The molecule has 16 heteroatoms. The third-order valence-electron chi connectivity index (χ3n) is 2.47. The molecule has 0 aliphatic rings. The first-order valence-electron chi connectivity index (χ1n) is 7.52. The molecule has 0 aliphatic carbocycles. The van der Waals surface area contributed by atoms with Gasteiger partial charge in [0.2, 0.25) is 0 Å². The number of hydrogen-bond donors (Lipinski definition) is 0. The van der Waals surface area contributed by atoms with Gasteiger partial charge in [-0.1, -0.05) is 54.1 Å². The molecule has 2 aromatic carbocycles. The molecule has 0 nitrogen and oxygen atoms in total. The second-order valence-corrected chi connectivity index (χ2v) is 5.17. The van der Waals surface area contributed by atoms with Crippen molar-refractivity contribution in [2.45, 2.75) is 13.8 Å². The predicted octanol–water partition coefficient (Wildman–Crippen LogP) is 7.22. The van der Waals surface area contributed by atoms with E-state index in [0.717, 1.165) is 0 Å². The van der Waals surface area contributed by atoms with Crippen molar-refractivity contribution in [2.24, 2.45) is 0 Å². The summed E-state index contributed by atoms with van der Waals surface area (Å²) in [4.78, 5) is 0. The molecule has 0 aliphatic heterocycles. The molecule has 0 amide bonds. The molecular formula is C14H15B3F12K-3. The third-order valence-corrected chi connectivity index (χ3v) is 2.47. The van der Waals surface area contributed by atoms with Crippen LogP contribution in [0, 0.1) is 13.8 Å². The minimum absolute atomic E-state index is 0. The van der Waals surface area contributed by atoms with E-state index in [2.05, 4.69) is 62.4 Å². The Kier molecular flexibility index (Phi) is 17.3. The molecule has 0 N–H and O–H groups in total. The summed E-state index contributed by atoms with van der Waals surface area (Å²) >= 11 is 0. The summed E-state index contributed by atoms with van der Waals surface area (Å²) < 4.78 is 117. The molecule has 0 aromatic heterocycles. The first-order valence-corrected chi connectivity index (χ1v) is 7.52. The Morgan fingerprint density at radius 1 is 0.533 bits per heavy atom. The second-order valence-electron chi connectivity index (χ2n) is 5.17. The van der Waals surface area contributed by atoms with Crippen LogP contribution in [0.3, 0.4) is 0 Å². The van der Waals surface area contributed by atoms with Crippen molar-refractivity contribution in [3.63, 3.8) is 0 Å². The maximum atomic E-state index is 9.75. The van der Waals surface area contributed by atoms with Crippen molar-refractivity contribution in [3.05, 3.63) is 59.7 Å². The van der Waals surface area contributed by atoms with Crippen LogP contribution >= 0.6 is 0 Å². The first kappa shape index (κ1) is 34.1. The first-order chi connectivity index (χ1) is 12.8. The van der Waals surface area contributed by atoms with Gasteiger partial charge in [-0.3, -0.25) is 0 Å². The molecule has 168 valence electrons. The van der Waals surface area contributed by atoms with Gasteiger partial charge in [-0.2, -0.15) is 0 Å². The van der Waals surface area contributed by atoms with Crippen LogP contribution in [0.15, 0.2) is 48.5 Å². The Morgan fingerprint density at radius 3 is 1.23 bits per heavy atom. The zero-order valence-electron chi connectivity index (χ0n) is 14.9. The fourth-order valence-corrected chi connectivity index (χ4v) is 1.71. The van der Waals surface area contributed by atoms with Crippen LogP contribution in [0.5, 0.6) is 0 Å². The topological polar surface area (TPSA) is 0 Å². The summed E-state index contributed by atoms with van der Waals surface area (Å²) in [7, 11) is -18.0. The van der Waals surface area contributed by atoms with E-state index < -0.39 is 21.8 Å². The van der Waals surface area contributed by atoms with Gasteiger partial charge in [-0.05, 0) is 30.5 Å². The van der Waals surface area contributed by atoms with Gasteiger partial charge in [0, 0.05) is 0 Å². The van der Waals surface area contributed by atoms with E-state index in [9.17, 15) is 51.8 Å². The van der Waals surface area contributed by atoms with Crippen molar-refractivity contribution >= 4 is 73.1 Å². The molecule has 30 heavy (non-hydrogen) atoms. The SMILES string of the molecule is Cc1cccc(-c2ccccc2C)c1.F[B-](F)(F)F.F[B-](F)(F)F.F[B-](F)(F)F.[KH]. The third kappa shape index (κ3) is 32.1. The normalized spacial score (nSPS) is 10.7. The van der Waals surface area contributed by atoms with E-state index in [1.54, 1.807) is 0 Å². The van der Waals surface area contributed by atoms with E-state index in [4.69, 9.17) is 0 Å². The van der Waals surface area contributed by atoms with Crippen LogP contribution in [0.2, 0.25) is 0 Å². The predicted molar refractivity (Wildman–Crippen MR) is 99.1 cm³/mol. The Morgan fingerprint density at radius 2 is 0.900 bits per heavy atom. The van der Waals surface area contributed by atoms with Crippen LogP contribution in [0.25, 0.3) is 11.1 Å². The number of benzene rings is 2. The molecule has 0 saturated carbocycles. The fourth-order valence-electron chi connectivity index (χ4n) is 1.71. The Labute approximate surface area is 208 Å². The molecule has 2 aromatic rings. The van der Waals surface area contributed by atoms with Gasteiger partial charge in [0.15, 0.2) is 0 Å². The molecule has 0 heterocycles. The maximum absolute atomic E-state index is 9.75. The van der Waals surface area contributed by atoms with Gasteiger partial charge >= 0.3 is 73.1 Å². The van der Waals surface area contributed by atoms with Gasteiger partial charge in [0.1, 0.15) is 0 Å². The van der Waals surface area contributed by atoms with E-state index >= 15 is 0 Å². The van der Waals surface area contributed by atoms with Gasteiger partial charge in [0.25, 0.3) is 0 Å². The molecule has 0 unspecified atom stereocenters. The quantitative estimate of drug-likeness (QED) is 0.297. The van der Waals surface area contributed by atoms with Crippen LogP contribution in [-0.2, 0) is 0 Å². The monoisotopic (exact) mass is 483 g/mol. The second kappa shape index (κ2) is 15.3. The van der Waals surface area contributed by atoms with Crippen molar-refractivity contribution in [3.8, 4) is 11.1 Å². The molecular weight excluding hydrogens is 468 g/mol. The van der Waals surface area contributed by atoms with Gasteiger partial charge < -0.3 is 51.8 Å². The van der Waals surface area contributed by atoms with Crippen LogP contribution in [0.1, 0.15) is 11.1 Å². The van der Waals surface area contributed by atoms with Gasteiger partial charge in [0.05, 0.1) is 0 Å². The number of rotatable bonds is 1. The summed E-state index contributed by atoms with van der Waals surface area (Å²) in [5.74, 6) is 0. The zero-order valence-corrected chi connectivity index (χ0v) is 14.9. The van der Waals surface area contributed by atoms with Crippen LogP contribution in [0.4, 0.5) is 51.8 Å². The van der Waals surface area contributed by atoms with E-state index in [1.807, 2.05) is 0 Å². The van der Waals surface area contributed by atoms with E-state index in [0.29, 0.717) is 0 Å². The summed E-state index contributed by atoms with van der Waals surface area (Å²) in [6.07, 6.45) is 0. The van der Waals surface area contributed by atoms with Crippen molar-refractivity contribution in [1.82, 2.24) is 0 Å². The Bertz CT molecular complexity index is 670. The average molecular weight is 483 g/mol. The molecule has 0 saturated heterocycles. The van der Waals surface area contributed by atoms with Crippen molar-refractivity contribution in [2.75, 3.05) is 0 Å². The van der Waals surface area contributed by atoms with Crippen molar-refractivity contribution in [1.29, 1.82) is 0 Å².